The number of hydrogen-bond donors (Lipinski definition) is 1. The fourth-order valence-corrected chi connectivity index (χ4v) is 2.27. The summed E-state index contributed by atoms with van der Waals surface area (Å²) in [7, 11) is 0. The number of rotatable bonds is 2. The van der Waals surface area contributed by atoms with E-state index in [4.69, 9.17) is 28.9 Å². The maximum Gasteiger partial charge on any atom is 0.0977 e. The van der Waals surface area contributed by atoms with Gasteiger partial charge in [0, 0.05) is 15.7 Å². The van der Waals surface area contributed by atoms with E-state index in [-0.39, 0.29) is 12.4 Å². The molecule has 0 aromatic heterocycles. The van der Waals surface area contributed by atoms with Crippen molar-refractivity contribution in [2.75, 3.05) is 5.73 Å². The molecule has 0 saturated heterocycles. The van der Waals surface area contributed by atoms with Crippen LogP contribution >= 0.6 is 35.6 Å². The predicted octanol–water partition coefficient (Wildman–Crippen LogP) is 4.65. The lowest BCUT2D eigenvalue weighted by Crippen LogP contribution is -1.99. The molecule has 0 radical (unpaired) electrons. The molecule has 1 unspecified atom stereocenters. The van der Waals surface area contributed by atoms with Crippen LogP contribution in [0.3, 0.4) is 0 Å². The smallest absolute Gasteiger partial charge is 0.0977 e. The summed E-state index contributed by atoms with van der Waals surface area (Å²) in [5.41, 5.74) is 7.90. The fourth-order valence-electron chi connectivity index (χ4n) is 1.75. The molecule has 98 valence electrons. The monoisotopic (exact) mass is 312 g/mol. The van der Waals surface area contributed by atoms with Crippen LogP contribution in [0.15, 0.2) is 42.5 Å². The molecule has 0 aliphatic heterocycles. The van der Waals surface area contributed by atoms with Crippen molar-refractivity contribution in [3.05, 3.63) is 63.6 Å². The van der Waals surface area contributed by atoms with Gasteiger partial charge in [-0.15, -0.1) is 12.4 Å². The number of nitriles is 1. The van der Waals surface area contributed by atoms with E-state index in [0.717, 1.165) is 11.1 Å². The minimum absolute atomic E-state index is 0. The first kappa shape index (κ1) is 15.7. The number of anilines is 1. The lowest BCUT2D eigenvalue weighted by molar-refractivity contribution is 1.04. The van der Waals surface area contributed by atoms with Gasteiger partial charge in [-0.25, -0.2) is 0 Å². The molecule has 0 saturated carbocycles. The molecule has 0 aliphatic rings. The van der Waals surface area contributed by atoms with Gasteiger partial charge in [-0.3, -0.25) is 0 Å². The van der Waals surface area contributed by atoms with E-state index in [1.807, 2.05) is 12.1 Å². The van der Waals surface area contributed by atoms with Crippen LogP contribution in [0.5, 0.6) is 0 Å². The quantitative estimate of drug-likeness (QED) is 0.820. The first-order valence-corrected chi connectivity index (χ1v) is 6.07. The predicted molar refractivity (Wildman–Crippen MR) is 82.0 cm³/mol. The Bertz CT molecular complexity index is 603. The van der Waals surface area contributed by atoms with Crippen molar-refractivity contribution in [3.8, 4) is 6.07 Å². The third-order valence-electron chi connectivity index (χ3n) is 2.67. The van der Waals surface area contributed by atoms with Crippen LogP contribution in [-0.4, -0.2) is 0 Å². The maximum absolute atomic E-state index is 9.32. The molecule has 0 spiro atoms. The van der Waals surface area contributed by atoms with E-state index in [2.05, 4.69) is 6.07 Å². The van der Waals surface area contributed by atoms with E-state index < -0.39 is 5.92 Å². The summed E-state index contributed by atoms with van der Waals surface area (Å²) in [4.78, 5) is 0. The molecular formula is C14H11Cl3N2. The maximum atomic E-state index is 9.32. The summed E-state index contributed by atoms with van der Waals surface area (Å²) >= 11 is 12.0. The van der Waals surface area contributed by atoms with Crippen molar-refractivity contribution >= 4 is 41.3 Å². The van der Waals surface area contributed by atoms with E-state index in [0.29, 0.717) is 15.7 Å². The summed E-state index contributed by atoms with van der Waals surface area (Å²) in [5.74, 6) is -0.421. The first-order chi connectivity index (χ1) is 8.61. The Kier molecular flexibility index (Phi) is 5.50. The normalized spacial score (nSPS) is 11.2. The van der Waals surface area contributed by atoms with Gasteiger partial charge in [0.05, 0.1) is 12.0 Å². The summed E-state index contributed by atoms with van der Waals surface area (Å²) in [6.45, 7) is 0. The van der Waals surface area contributed by atoms with Gasteiger partial charge in [0.2, 0.25) is 0 Å². The van der Waals surface area contributed by atoms with Gasteiger partial charge in [0.25, 0.3) is 0 Å². The summed E-state index contributed by atoms with van der Waals surface area (Å²) in [5, 5.41) is 10.4. The molecule has 0 heterocycles. The molecule has 2 rings (SSSR count). The minimum Gasteiger partial charge on any atom is -0.399 e. The molecule has 1 atom stereocenters. The number of nitrogens with two attached hydrogens (primary N) is 1. The van der Waals surface area contributed by atoms with Gasteiger partial charge in [-0.2, -0.15) is 5.26 Å². The zero-order chi connectivity index (χ0) is 13.1. The Morgan fingerprint density at radius 2 is 1.68 bits per heavy atom. The molecule has 2 aromatic rings. The second-order valence-electron chi connectivity index (χ2n) is 3.89. The van der Waals surface area contributed by atoms with Crippen LogP contribution in [-0.2, 0) is 0 Å². The Morgan fingerprint density at radius 1 is 1.05 bits per heavy atom. The van der Waals surface area contributed by atoms with Gasteiger partial charge in [0.15, 0.2) is 0 Å². The van der Waals surface area contributed by atoms with E-state index in [1.54, 1.807) is 30.3 Å². The summed E-state index contributed by atoms with van der Waals surface area (Å²) < 4.78 is 0. The van der Waals surface area contributed by atoms with Crippen molar-refractivity contribution in [2.24, 2.45) is 0 Å². The molecule has 0 amide bonds. The van der Waals surface area contributed by atoms with Crippen molar-refractivity contribution in [1.29, 1.82) is 5.26 Å². The number of benzene rings is 2. The van der Waals surface area contributed by atoms with Crippen molar-refractivity contribution in [2.45, 2.75) is 5.92 Å². The van der Waals surface area contributed by atoms with Crippen LogP contribution in [0.1, 0.15) is 17.0 Å². The van der Waals surface area contributed by atoms with Gasteiger partial charge in [-0.1, -0.05) is 41.4 Å². The van der Waals surface area contributed by atoms with Crippen LogP contribution in [0.2, 0.25) is 10.0 Å². The third-order valence-corrected chi connectivity index (χ3v) is 3.23. The van der Waals surface area contributed by atoms with Gasteiger partial charge in [-0.05, 0) is 35.4 Å². The van der Waals surface area contributed by atoms with Crippen LogP contribution < -0.4 is 5.73 Å². The van der Waals surface area contributed by atoms with Crippen LogP contribution in [0, 0.1) is 11.3 Å². The molecule has 2 N–H and O–H groups in total. The molecular weight excluding hydrogens is 303 g/mol. The fraction of sp³-hybridized carbons (Fsp3) is 0.0714. The zero-order valence-electron chi connectivity index (χ0n) is 9.81. The molecule has 0 aliphatic carbocycles. The summed E-state index contributed by atoms with van der Waals surface area (Å²) in [6, 6.07) is 14.6. The van der Waals surface area contributed by atoms with E-state index >= 15 is 0 Å². The van der Waals surface area contributed by atoms with E-state index in [1.165, 1.54) is 0 Å². The molecule has 19 heavy (non-hydrogen) atoms. The highest BCUT2D eigenvalue weighted by Gasteiger charge is 2.16. The standard InChI is InChI=1S/C14H10Cl2N2.ClH/c15-10-3-6-12(14(16)7-10)13(8-17)9-1-4-11(18)5-2-9;/h1-7,13H,18H2;1H. The average Bonchev–Trinajstić information content (AvgIpc) is 2.35. The zero-order valence-corrected chi connectivity index (χ0v) is 12.1. The Morgan fingerprint density at radius 3 is 2.21 bits per heavy atom. The highest BCUT2D eigenvalue weighted by atomic mass is 35.5. The second-order valence-corrected chi connectivity index (χ2v) is 4.74. The third kappa shape index (κ3) is 3.54. The number of nitrogen functional groups attached to an aromatic ring is 1. The van der Waals surface area contributed by atoms with Gasteiger partial charge >= 0.3 is 0 Å². The topological polar surface area (TPSA) is 49.8 Å². The summed E-state index contributed by atoms with van der Waals surface area (Å²) in [6.07, 6.45) is 0. The number of hydrogen-bond acceptors (Lipinski definition) is 2. The number of nitrogens with zero attached hydrogens (tertiary/aromatic N) is 1. The number of halogens is 3. The van der Waals surface area contributed by atoms with E-state index in [9.17, 15) is 5.26 Å². The molecule has 2 nitrogen and oxygen atoms in total. The Hall–Kier alpha value is -1.40. The largest absolute Gasteiger partial charge is 0.399 e. The van der Waals surface area contributed by atoms with Gasteiger partial charge < -0.3 is 5.73 Å². The lowest BCUT2D eigenvalue weighted by atomic mass is 9.92. The molecule has 0 bridgehead atoms. The Balaban J connectivity index is 0.00000180. The van der Waals surface area contributed by atoms with Gasteiger partial charge in [0.1, 0.15) is 0 Å². The Labute approximate surface area is 128 Å². The van der Waals surface area contributed by atoms with Crippen LogP contribution in [0.25, 0.3) is 0 Å². The molecule has 5 heteroatoms. The SMILES string of the molecule is Cl.N#CC(c1ccc(N)cc1)c1ccc(Cl)cc1Cl. The van der Waals surface area contributed by atoms with Crippen molar-refractivity contribution in [3.63, 3.8) is 0 Å². The molecule has 2 aromatic carbocycles. The molecule has 0 fully saturated rings. The van der Waals surface area contributed by atoms with Crippen LogP contribution in [0.4, 0.5) is 5.69 Å². The minimum atomic E-state index is -0.421. The van der Waals surface area contributed by atoms with Crippen molar-refractivity contribution in [1.82, 2.24) is 0 Å². The highest BCUT2D eigenvalue weighted by Crippen LogP contribution is 2.31. The average molecular weight is 314 g/mol. The highest BCUT2D eigenvalue weighted by molar-refractivity contribution is 6.35. The lowest BCUT2D eigenvalue weighted by Gasteiger charge is -2.12. The second kappa shape index (κ2) is 6.68. The van der Waals surface area contributed by atoms with Crippen molar-refractivity contribution < 1.29 is 0 Å². The first-order valence-electron chi connectivity index (χ1n) is 5.32.